The van der Waals surface area contributed by atoms with Gasteiger partial charge in [-0.2, -0.15) is 0 Å². The van der Waals surface area contributed by atoms with E-state index in [4.69, 9.17) is 0 Å². The summed E-state index contributed by atoms with van der Waals surface area (Å²) in [6, 6.07) is 10.9. The minimum absolute atomic E-state index is 0. The molecule has 1 N–H and O–H groups in total. The Morgan fingerprint density at radius 1 is 1.31 bits per heavy atom. The molecule has 3 heteroatoms. The Balaban J connectivity index is 0.000000845. The van der Waals surface area contributed by atoms with Crippen LogP contribution in [0, 0.1) is 6.07 Å². The van der Waals surface area contributed by atoms with E-state index in [0.717, 1.165) is 12.2 Å². The van der Waals surface area contributed by atoms with E-state index < -0.39 is 0 Å². The normalized spacial score (nSPS) is 9.23. The van der Waals surface area contributed by atoms with Crippen molar-refractivity contribution >= 4 is 51.4 Å². The summed E-state index contributed by atoms with van der Waals surface area (Å²) in [4.78, 5) is 7.21. The van der Waals surface area contributed by atoms with Crippen LogP contribution in [-0.4, -0.2) is 61.4 Å². The smallest absolute Gasteiger partial charge is 0.110 e. The molecule has 0 saturated heterocycles. The van der Waals surface area contributed by atoms with Crippen molar-refractivity contribution in [1.82, 2.24) is 9.97 Å². The first-order valence-electron chi connectivity index (χ1n) is 3.88. The second-order valence-corrected chi connectivity index (χ2v) is 2.62. The van der Waals surface area contributed by atoms with Crippen LogP contribution in [0.5, 0.6) is 0 Å². The standard InChI is InChI=1S/C10H9N2.K.H/c1-2-4-9(5-3-1)8-10-11-6-7-12-10;;/h2-7H,8H2,(H,11,12);;. The molecule has 2 aromatic rings. The van der Waals surface area contributed by atoms with Crippen molar-refractivity contribution < 1.29 is 0 Å². The maximum atomic E-state index is 4.15. The second kappa shape index (κ2) is 5.72. The number of hydrogen-bond acceptors (Lipinski definition) is 1. The Kier molecular flexibility index (Phi) is 4.91. The molecular weight excluding hydrogens is 187 g/mol. The summed E-state index contributed by atoms with van der Waals surface area (Å²) in [7, 11) is 0. The van der Waals surface area contributed by atoms with Crippen molar-refractivity contribution in [3.05, 3.63) is 54.1 Å². The van der Waals surface area contributed by atoms with Gasteiger partial charge >= 0.3 is 51.4 Å². The van der Waals surface area contributed by atoms with Crippen molar-refractivity contribution in [1.29, 1.82) is 0 Å². The number of benzene rings is 1. The Bertz CT molecular complexity index is 329. The zero-order valence-corrected chi connectivity index (χ0v) is 6.62. The van der Waals surface area contributed by atoms with Crippen LogP contribution in [0.25, 0.3) is 0 Å². The van der Waals surface area contributed by atoms with Gasteiger partial charge in [0.15, 0.2) is 0 Å². The summed E-state index contributed by atoms with van der Waals surface area (Å²) in [6.07, 6.45) is 4.47. The third-order valence-electron chi connectivity index (χ3n) is 1.71. The van der Waals surface area contributed by atoms with Crippen LogP contribution in [0.15, 0.2) is 36.7 Å². The van der Waals surface area contributed by atoms with E-state index in [1.807, 2.05) is 30.5 Å². The minimum atomic E-state index is 0. The fraction of sp³-hybridized carbons (Fsp3) is 0.100. The molecule has 13 heavy (non-hydrogen) atoms. The Morgan fingerprint density at radius 2 is 2.08 bits per heavy atom. The van der Waals surface area contributed by atoms with Gasteiger partial charge in [-0.05, 0) is 11.6 Å². The second-order valence-electron chi connectivity index (χ2n) is 2.62. The van der Waals surface area contributed by atoms with Gasteiger partial charge in [0.2, 0.25) is 0 Å². The van der Waals surface area contributed by atoms with Gasteiger partial charge in [0.25, 0.3) is 0 Å². The van der Waals surface area contributed by atoms with Crippen LogP contribution < -0.4 is 0 Å². The van der Waals surface area contributed by atoms with Gasteiger partial charge < -0.3 is 4.98 Å². The van der Waals surface area contributed by atoms with E-state index in [1.165, 1.54) is 5.56 Å². The summed E-state index contributed by atoms with van der Waals surface area (Å²) in [5, 5.41) is 0. The van der Waals surface area contributed by atoms with Crippen molar-refractivity contribution in [3.8, 4) is 0 Å². The van der Waals surface area contributed by atoms with Crippen LogP contribution in [0.3, 0.4) is 0 Å². The Hall–Kier alpha value is 0.0664. The summed E-state index contributed by atoms with van der Waals surface area (Å²) < 4.78 is 0. The first-order chi connectivity index (χ1) is 5.95. The summed E-state index contributed by atoms with van der Waals surface area (Å²) >= 11 is 0. The zero-order chi connectivity index (χ0) is 8.23. The van der Waals surface area contributed by atoms with Crippen molar-refractivity contribution in [2.45, 2.75) is 6.42 Å². The van der Waals surface area contributed by atoms with E-state index >= 15 is 0 Å². The third-order valence-corrected chi connectivity index (χ3v) is 1.71. The SMILES string of the molecule is [KH].[c]1ccc(Cc2ncc[nH]2)cc1. The van der Waals surface area contributed by atoms with E-state index in [-0.39, 0.29) is 51.4 Å². The molecule has 0 unspecified atom stereocenters. The molecule has 0 bridgehead atoms. The molecule has 1 heterocycles. The largest absolute Gasteiger partial charge is 0.348 e. The predicted octanol–water partition coefficient (Wildman–Crippen LogP) is 1.15. The zero-order valence-electron chi connectivity index (χ0n) is 6.62. The maximum Gasteiger partial charge on any atom is 0.110 e. The number of aromatic amines is 1. The average molecular weight is 197 g/mol. The van der Waals surface area contributed by atoms with Gasteiger partial charge in [0.1, 0.15) is 5.82 Å². The average Bonchev–Trinajstić information content (AvgIpc) is 2.59. The quantitative estimate of drug-likeness (QED) is 0.719. The number of nitrogens with one attached hydrogen (secondary N) is 1. The molecule has 2 nitrogen and oxygen atoms in total. The number of nitrogens with zero attached hydrogens (tertiary/aromatic N) is 1. The molecular formula is C10H10KN2. The van der Waals surface area contributed by atoms with Crippen LogP contribution >= 0.6 is 0 Å². The van der Waals surface area contributed by atoms with E-state index in [1.54, 1.807) is 6.20 Å². The summed E-state index contributed by atoms with van der Waals surface area (Å²) in [5.41, 5.74) is 1.25. The molecule has 0 aliphatic heterocycles. The van der Waals surface area contributed by atoms with E-state index in [0.29, 0.717) is 0 Å². The van der Waals surface area contributed by atoms with Gasteiger partial charge in [0, 0.05) is 18.8 Å². The molecule has 0 aliphatic carbocycles. The topological polar surface area (TPSA) is 28.7 Å². The van der Waals surface area contributed by atoms with Crippen LogP contribution in [0.1, 0.15) is 11.4 Å². The minimum Gasteiger partial charge on any atom is -0.348 e. The fourth-order valence-electron chi connectivity index (χ4n) is 1.13. The number of rotatable bonds is 2. The maximum absolute atomic E-state index is 4.15. The molecule has 0 spiro atoms. The molecule has 0 fully saturated rings. The van der Waals surface area contributed by atoms with E-state index in [2.05, 4.69) is 16.0 Å². The fourth-order valence-corrected chi connectivity index (χ4v) is 1.13. The molecule has 1 aromatic carbocycles. The number of aromatic nitrogens is 2. The number of hydrogen-bond donors (Lipinski definition) is 1. The molecule has 0 saturated carbocycles. The third kappa shape index (κ3) is 3.36. The van der Waals surface area contributed by atoms with Gasteiger partial charge in [-0.25, -0.2) is 4.98 Å². The van der Waals surface area contributed by atoms with Gasteiger partial charge in [-0.1, -0.05) is 24.3 Å². The van der Waals surface area contributed by atoms with Crippen molar-refractivity contribution in [3.63, 3.8) is 0 Å². The Labute approximate surface area is 120 Å². The van der Waals surface area contributed by atoms with Crippen molar-refractivity contribution in [2.24, 2.45) is 0 Å². The summed E-state index contributed by atoms with van der Waals surface area (Å²) in [6.45, 7) is 0. The van der Waals surface area contributed by atoms with Gasteiger partial charge in [0.05, 0.1) is 0 Å². The molecule has 0 aliphatic rings. The molecule has 1 aromatic heterocycles. The molecule has 1 radical (unpaired) electrons. The number of H-pyrrole nitrogens is 1. The van der Waals surface area contributed by atoms with Gasteiger partial charge in [-0.15, -0.1) is 0 Å². The first-order valence-corrected chi connectivity index (χ1v) is 3.88. The predicted molar refractivity (Wildman–Crippen MR) is 53.8 cm³/mol. The van der Waals surface area contributed by atoms with Crippen LogP contribution in [0.2, 0.25) is 0 Å². The van der Waals surface area contributed by atoms with E-state index in [9.17, 15) is 0 Å². The Morgan fingerprint density at radius 3 is 2.69 bits per heavy atom. The van der Waals surface area contributed by atoms with Gasteiger partial charge in [-0.3, -0.25) is 0 Å². The molecule has 61 valence electrons. The summed E-state index contributed by atoms with van der Waals surface area (Å²) in [5.74, 6) is 1.00. The van der Waals surface area contributed by atoms with Crippen LogP contribution in [-0.2, 0) is 6.42 Å². The molecule has 0 amide bonds. The number of imidazole rings is 1. The monoisotopic (exact) mass is 197 g/mol. The van der Waals surface area contributed by atoms with Crippen molar-refractivity contribution in [2.75, 3.05) is 0 Å². The van der Waals surface area contributed by atoms with Crippen LogP contribution in [0.4, 0.5) is 0 Å². The molecule has 0 atom stereocenters. The molecule has 2 rings (SSSR count). The first kappa shape index (κ1) is 11.1.